The van der Waals surface area contributed by atoms with Gasteiger partial charge in [-0.05, 0) is 23.7 Å². The van der Waals surface area contributed by atoms with Gasteiger partial charge in [-0.1, -0.05) is 0 Å². The third-order valence-corrected chi connectivity index (χ3v) is 3.22. The van der Waals surface area contributed by atoms with Crippen LogP contribution in [0.15, 0.2) is 24.5 Å². The average Bonchev–Trinajstić information content (AvgIpc) is 2.90. The van der Waals surface area contributed by atoms with Crippen LogP contribution >= 0.6 is 11.6 Å². The Kier molecular flexibility index (Phi) is 3.60. The fraction of sp³-hybridized carbons (Fsp3) is 0.154. The number of methoxy groups -OCH3 is 1. The second-order valence-electron chi connectivity index (χ2n) is 4.44. The molecule has 22 heavy (non-hydrogen) atoms. The summed E-state index contributed by atoms with van der Waals surface area (Å²) in [6.07, 6.45) is 3.09. The van der Waals surface area contributed by atoms with Crippen molar-refractivity contribution in [2.45, 2.75) is 6.54 Å². The molecule has 0 spiro atoms. The maximum absolute atomic E-state index is 11.5. The van der Waals surface area contributed by atoms with Gasteiger partial charge in [0.25, 0.3) is 0 Å². The number of pyridine rings is 1. The van der Waals surface area contributed by atoms with Crippen molar-refractivity contribution in [3.63, 3.8) is 0 Å². The monoisotopic (exact) mass is 318 g/mol. The van der Waals surface area contributed by atoms with Gasteiger partial charge in [-0.25, -0.2) is 14.5 Å². The summed E-state index contributed by atoms with van der Waals surface area (Å²) >= 11 is 5.82. The average molecular weight is 319 g/mol. The highest BCUT2D eigenvalue weighted by molar-refractivity contribution is 6.28. The molecule has 0 radical (unpaired) electrons. The minimum absolute atomic E-state index is 0.0445. The smallest absolute Gasteiger partial charge is 0.337 e. The Morgan fingerprint density at radius 2 is 2.27 bits per heavy atom. The summed E-state index contributed by atoms with van der Waals surface area (Å²) in [4.78, 5) is 23.7. The fourth-order valence-corrected chi connectivity index (χ4v) is 2.20. The van der Waals surface area contributed by atoms with E-state index in [1.165, 1.54) is 13.3 Å². The second kappa shape index (κ2) is 5.57. The van der Waals surface area contributed by atoms with E-state index >= 15 is 0 Å². The summed E-state index contributed by atoms with van der Waals surface area (Å²) in [7, 11) is 1.32. The third kappa shape index (κ3) is 2.56. The van der Waals surface area contributed by atoms with E-state index in [-0.39, 0.29) is 11.1 Å². The van der Waals surface area contributed by atoms with Crippen molar-refractivity contribution in [1.29, 1.82) is 0 Å². The standard InChI is InChI=1S/C13H11ClN6O2/c1-22-12(21)7-2-3-16-8(4-7)6-20-11-9(5-17-20)10(15)18-13(14)19-11/h2-5H,6H2,1H3,(H2,15,18,19). The molecular weight excluding hydrogens is 308 g/mol. The molecule has 3 heterocycles. The van der Waals surface area contributed by atoms with Crippen molar-refractivity contribution < 1.29 is 9.53 Å². The number of halogens is 1. The Morgan fingerprint density at radius 3 is 3.05 bits per heavy atom. The van der Waals surface area contributed by atoms with Crippen LogP contribution in [0.5, 0.6) is 0 Å². The van der Waals surface area contributed by atoms with E-state index in [1.807, 2.05) is 0 Å². The van der Waals surface area contributed by atoms with Gasteiger partial charge in [-0.2, -0.15) is 10.1 Å². The van der Waals surface area contributed by atoms with E-state index < -0.39 is 5.97 Å². The molecule has 0 aliphatic heterocycles. The summed E-state index contributed by atoms with van der Waals surface area (Å²) in [5, 5.41) is 4.86. The van der Waals surface area contributed by atoms with Gasteiger partial charge < -0.3 is 10.5 Å². The predicted molar refractivity (Wildman–Crippen MR) is 79.4 cm³/mol. The van der Waals surface area contributed by atoms with E-state index in [2.05, 4.69) is 24.8 Å². The van der Waals surface area contributed by atoms with Gasteiger partial charge in [0.1, 0.15) is 5.82 Å². The minimum Gasteiger partial charge on any atom is -0.465 e. The van der Waals surface area contributed by atoms with Crippen LogP contribution in [-0.4, -0.2) is 37.8 Å². The molecule has 0 saturated heterocycles. The molecule has 3 aromatic heterocycles. The molecule has 0 aliphatic rings. The lowest BCUT2D eigenvalue weighted by Gasteiger charge is -2.05. The SMILES string of the molecule is COC(=O)c1ccnc(Cn2ncc3c(N)nc(Cl)nc32)c1. The van der Waals surface area contributed by atoms with E-state index in [9.17, 15) is 4.79 Å². The maximum atomic E-state index is 11.5. The van der Waals surface area contributed by atoms with Crippen LogP contribution in [0.1, 0.15) is 16.1 Å². The van der Waals surface area contributed by atoms with Gasteiger partial charge >= 0.3 is 5.97 Å². The van der Waals surface area contributed by atoms with Gasteiger partial charge in [-0.3, -0.25) is 4.98 Å². The van der Waals surface area contributed by atoms with Crippen LogP contribution in [0, 0.1) is 0 Å². The Labute approximate surface area is 129 Å². The van der Waals surface area contributed by atoms with Crippen molar-refractivity contribution in [3.8, 4) is 0 Å². The Bertz CT molecular complexity index is 863. The van der Waals surface area contributed by atoms with Crippen LogP contribution in [0.4, 0.5) is 5.82 Å². The number of esters is 1. The topological polar surface area (TPSA) is 109 Å². The van der Waals surface area contributed by atoms with Crippen molar-refractivity contribution >= 4 is 34.4 Å². The highest BCUT2D eigenvalue weighted by atomic mass is 35.5. The van der Waals surface area contributed by atoms with Crippen LogP contribution in [0.2, 0.25) is 5.28 Å². The Hall–Kier alpha value is -2.74. The van der Waals surface area contributed by atoms with E-state index in [4.69, 9.17) is 17.3 Å². The molecule has 2 N–H and O–H groups in total. The first kappa shape index (κ1) is 14.2. The predicted octanol–water partition coefficient (Wildman–Crippen LogP) is 1.29. The zero-order valence-electron chi connectivity index (χ0n) is 11.5. The lowest BCUT2D eigenvalue weighted by Crippen LogP contribution is -2.08. The van der Waals surface area contributed by atoms with Crippen LogP contribution in [0.25, 0.3) is 11.0 Å². The molecule has 0 atom stereocenters. The lowest BCUT2D eigenvalue weighted by atomic mass is 10.2. The summed E-state index contributed by atoms with van der Waals surface area (Å²) in [5.74, 6) is -0.166. The van der Waals surface area contributed by atoms with Crippen molar-refractivity contribution in [3.05, 3.63) is 41.1 Å². The number of fused-ring (bicyclic) bond motifs is 1. The van der Waals surface area contributed by atoms with Gasteiger partial charge in [0.05, 0.1) is 36.5 Å². The quantitative estimate of drug-likeness (QED) is 0.572. The van der Waals surface area contributed by atoms with Crippen LogP contribution in [-0.2, 0) is 11.3 Å². The largest absolute Gasteiger partial charge is 0.465 e. The number of nitrogens with two attached hydrogens (primary N) is 1. The first-order valence-electron chi connectivity index (χ1n) is 6.26. The van der Waals surface area contributed by atoms with Gasteiger partial charge in [0.15, 0.2) is 5.65 Å². The highest BCUT2D eigenvalue weighted by Gasteiger charge is 2.12. The van der Waals surface area contributed by atoms with Gasteiger partial charge in [0, 0.05) is 6.20 Å². The number of ether oxygens (including phenoxy) is 1. The molecule has 0 aromatic carbocycles. The van der Waals surface area contributed by atoms with Crippen molar-refractivity contribution in [2.24, 2.45) is 0 Å². The highest BCUT2D eigenvalue weighted by Crippen LogP contribution is 2.19. The number of carbonyl (C=O) groups excluding carboxylic acids is 1. The van der Waals surface area contributed by atoms with Gasteiger partial charge in [-0.15, -0.1) is 0 Å². The number of nitrogen functional groups attached to an aromatic ring is 1. The molecule has 0 fully saturated rings. The number of aromatic nitrogens is 5. The third-order valence-electron chi connectivity index (χ3n) is 3.05. The molecule has 3 aromatic rings. The number of anilines is 1. The molecule has 112 valence electrons. The summed E-state index contributed by atoms with van der Waals surface area (Å²) in [6.45, 7) is 0.307. The minimum atomic E-state index is -0.427. The summed E-state index contributed by atoms with van der Waals surface area (Å²) in [5.41, 5.74) is 7.32. The fourth-order valence-electron chi connectivity index (χ4n) is 2.03. The van der Waals surface area contributed by atoms with E-state index in [1.54, 1.807) is 23.0 Å². The number of hydrogen-bond acceptors (Lipinski definition) is 7. The number of carbonyl (C=O) groups is 1. The molecule has 9 heteroatoms. The molecule has 0 aliphatic carbocycles. The summed E-state index contributed by atoms with van der Waals surface area (Å²) < 4.78 is 6.27. The second-order valence-corrected chi connectivity index (χ2v) is 4.78. The molecular formula is C13H11ClN6O2. The van der Waals surface area contributed by atoms with E-state index in [0.29, 0.717) is 28.8 Å². The lowest BCUT2D eigenvalue weighted by molar-refractivity contribution is 0.0600. The zero-order chi connectivity index (χ0) is 15.7. The molecule has 0 bridgehead atoms. The van der Waals surface area contributed by atoms with Crippen LogP contribution in [0.3, 0.4) is 0 Å². The Balaban J connectivity index is 1.98. The molecule has 0 unspecified atom stereocenters. The molecule has 0 amide bonds. The maximum Gasteiger partial charge on any atom is 0.337 e. The molecule has 0 saturated carbocycles. The summed E-state index contributed by atoms with van der Waals surface area (Å²) in [6, 6.07) is 3.21. The number of rotatable bonds is 3. The first-order valence-corrected chi connectivity index (χ1v) is 6.64. The zero-order valence-corrected chi connectivity index (χ0v) is 12.3. The Morgan fingerprint density at radius 1 is 1.45 bits per heavy atom. The normalized spacial score (nSPS) is 10.8. The van der Waals surface area contributed by atoms with E-state index in [0.717, 1.165) is 0 Å². The molecule has 8 nitrogen and oxygen atoms in total. The number of nitrogens with zero attached hydrogens (tertiary/aromatic N) is 5. The molecule has 3 rings (SSSR count). The van der Waals surface area contributed by atoms with Crippen molar-refractivity contribution in [2.75, 3.05) is 12.8 Å². The van der Waals surface area contributed by atoms with Gasteiger partial charge in [0.2, 0.25) is 5.28 Å². The first-order chi connectivity index (χ1) is 10.6. The number of hydrogen-bond donors (Lipinski definition) is 1. The van der Waals surface area contributed by atoms with Crippen LogP contribution < -0.4 is 5.73 Å². The van der Waals surface area contributed by atoms with Crippen molar-refractivity contribution in [1.82, 2.24) is 24.7 Å².